The molecule has 1 aliphatic carbocycles. The highest BCUT2D eigenvalue weighted by molar-refractivity contribution is 7.89. The number of aryl methyl sites for hydroxylation is 4. The molecule has 0 radical (unpaired) electrons. The third-order valence-electron chi connectivity index (χ3n) is 6.13. The highest BCUT2D eigenvalue weighted by atomic mass is 32.2. The number of hydrogen-bond acceptors (Lipinski definition) is 6. The first-order valence-corrected chi connectivity index (χ1v) is 13.9. The third kappa shape index (κ3) is 4.83. The number of benzene rings is 1. The Kier molecular flexibility index (Phi) is 7.16. The maximum absolute atomic E-state index is 12.9. The van der Waals surface area contributed by atoms with Crippen molar-refractivity contribution in [3.05, 3.63) is 34.6 Å². The number of anilines is 1. The van der Waals surface area contributed by atoms with Crippen molar-refractivity contribution < 1.29 is 13.2 Å². The molecule has 0 spiro atoms. The van der Waals surface area contributed by atoms with Crippen LogP contribution < -0.4 is 5.32 Å². The first kappa shape index (κ1) is 23.8. The number of nitrogens with one attached hydrogen (secondary N) is 1. The van der Waals surface area contributed by atoms with Crippen LogP contribution >= 0.6 is 11.3 Å². The average molecular weight is 490 g/mol. The van der Waals surface area contributed by atoms with Crippen LogP contribution in [0.3, 0.4) is 0 Å². The Hall–Kier alpha value is -2.30. The topological polar surface area (TPSA) is 97.2 Å². The number of amides is 1. The summed E-state index contributed by atoms with van der Waals surface area (Å²) in [6.45, 7) is 7.20. The smallest absolute Gasteiger partial charge is 0.243 e. The summed E-state index contributed by atoms with van der Waals surface area (Å²) in [4.78, 5) is 23.4. The maximum Gasteiger partial charge on any atom is 0.243 e. The standard InChI is InChI=1S/C23H31N5O3S2/c1-4-27(5-2)33(30,31)16-11-12-19-18(15-16)24-21(28(19)6-3)13-14-22(29)26-23-25-17-9-7-8-10-20(17)32-23/h11-12,15H,4-10,13-14H2,1-3H3,(H,25,26,29). The zero-order valence-electron chi connectivity index (χ0n) is 19.4. The number of carbonyl (C=O) groups is 1. The fourth-order valence-electron chi connectivity index (χ4n) is 4.39. The second-order valence-corrected chi connectivity index (χ2v) is 11.2. The fourth-order valence-corrected chi connectivity index (χ4v) is 6.93. The Morgan fingerprint density at radius 2 is 1.91 bits per heavy atom. The van der Waals surface area contributed by atoms with Crippen LogP contribution in [0.2, 0.25) is 0 Å². The van der Waals surface area contributed by atoms with Crippen LogP contribution in [-0.2, 0) is 40.6 Å². The summed E-state index contributed by atoms with van der Waals surface area (Å²) in [6, 6.07) is 5.09. The Labute approximate surface area is 199 Å². The Balaban J connectivity index is 1.50. The van der Waals surface area contributed by atoms with Gasteiger partial charge in [-0.15, -0.1) is 11.3 Å². The van der Waals surface area contributed by atoms with Crippen LogP contribution in [0.25, 0.3) is 11.0 Å². The summed E-state index contributed by atoms with van der Waals surface area (Å²) >= 11 is 1.58. The van der Waals surface area contributed by atoms with Gasteiger partial charge in [0, 0.05) is 37.4 Å². The van der Waals surface area contributed by atoms with Crippen molar-refractivity contribution in [3.63, 3.8) is 0 Å². The van der Waals surface area contributed by atoms with Gasteiger partial charge in [-0.2, -0.15) is 4.31 Å². The molecular weight excluding hydrogens is 458 g/mol. The van der Waals surface area contributed by atoms with E-state index < -0.39 is 10.0 Å². The minimum Gasteiger partial charge on any atom is -0.328 e. The summed E-state index contributed by atoms with van der Waals surface area (Å²) in [5, 5.41) is 3.62. The van der Waals surface area contributed by atoms with Crippen LogP contribution in [0.1, 0.15) is 56.4 Å². The van der Waals surface area contributed by atoms with E-state index in [0.29, 0.717) is 36.7 Å². The second kappa shape index (κ2) is 9.90. The number of thiazole rings is 1. The Morgan fingerprint density at radius 1 is 1.15 bits per heavy atom. The molecule has 0 atom stereocenters. The third-order valence-corrected chi connectivity index (χ3v) is 9.24. The molecule has 1 N–H and O–H groups in total. The molecule has 1 amide bonds. The van der Waals surface area contributed by atoms with Crippen molar-refractivity contribution in [2.45, 2.75) is 70.7 Å². The van der Waals surface area contributed by atoms with Crippen molar-refractivity contribution in [2.24, 2.45) is 0 Å². The summed E-state index contributed by atoms with van der Waals surface area (Å²) in [6.07, 6.45) is 5.16. The van der Waals surface area contributed by atoms with Gasteiger partial charge in [-0.25, -0.2) is 18.4 Å². The van der Waals surface area contributed by atoms with E-state index in [4.69, 9.17) is 0 Å². The maximum atomic E-state index is 12.9. The molecule has 0 unspecified atom stereocenters. The SMILES string of the molecule is CCN(CC)S(=O)(=O)c1ccc2c(c1)nc(CCC(=O)Nc1nc3c(s1)CCCC3)n2CC. The van der Waals surface area contributed by atoms with E-state index in [-0.39, 0.29) is 17.2 Å². The fraction of sp³-hybridized carbons (Fsp3) is 0.522. The van der Waals surface area contributed by atoms with Crippen molar-refractivity contribution >= 4 is 43.4 Å². The lowest BCUT2D eigenvalue weighted by atomic mass is 10.0. The van der Waals surface area contributed by atoms with Crippen LogP contribution in [-0.4, -0.2) is 46.3 Å². The lowest BCUT2D eigenvalue weighted by Crippen LogP contribution is -2.30. The second-order valence-electron chi connectivity index (χ2n) is 8.16. The molecule has 2 aromatic heterocycles. The first-order chi connectivity index (χ1) is 15.9. The van der Waals surface area contributed by atoms with E-state index >= 15 is 0 Å². The molecule has 3 aromatic rings. The zero-order valence-corrected chi connectivity index (χ0v) is 21.1. The predicted molar refractivity (Wildman–Crippen MR) is 131 cm³/mol. The van der Waals surface area contributed by atoms with E-state index in [1.54, 1.807) is 23.5 Å². The quantitative estimate of drug-likeness (QED) is 0.490. The van der Waals surface area contributed by atoms with Crippen molar-refractivity contribution in [2.75, 3.05) is 18.4 Å². The number of aromatic nitrogens is 3. The van der Waals surface area contributed by atoms with Gasteiger partial charge in [-0.05, 0) is 50.8 Å². The largest absolute Gasteiger partial charge is 0.328 e. The lowest BCUT2D eigenvalue weighted by molar-refractivity contribution is -0.116. The van der Waals surface area contributed by atoms with Crippen molar-refractivity contribution in [1.82, 2.24) is 18.8 Å². The highest BCUT2D eigenvalue weighted by Crippen LogP contribution is 2.29. The van der Waals surface area contributed by atoms with Gasteiger partial charge in [0.15, 0.2) is 5.13 Å². The van der Waals surface area contributed by atoms with E-state index in [0.717, 1.165) is 36.3 Å². The molecular formula is C23H31N5O3S2. The number of sulfonamides is 1. The molecule has 2 heterocycles. The van der Waals surface area contributed by atoms with E-state index in [1.165, 1.54) is 15.6 Å². The Morgan fingerprint density at radius 3 is 2.61 bits per heavy atom. The number of rotatable bonds is 9. The van der Waals surface area contributed by atoms with Gasteiger partial charge < -0.3 is 9.88 Å². The number of hydrogen-bond donors (Lipinski definition) is 1. The number of nitrogens with zero attached hydrogens (tertiary/aromatic N) is 4. The molecule has 33 heavy (non-hydrogen) atoms. The zero-order chi connectivity index (χ0) is 23.6. The molecule has 8 nitrogen and oxygen atoms in total. The molecule has 4 rings (SSSR count). The number of imidazole rings is 1. The van der Waals surface area contributed by atoms with E-state index in [9.17, 15) is 13.2 Å². The Bertz CT molecular complexity index is 1240. The number of fused-ring (bicyclic) bond motifs is 2. The van der Waals surface area contributed by atoms with Crippen LogP contribution in [0.5, 0.6) is 0 Å². The molecule has 1 aromatic carbocycles. The van der Waals surface area contributed by atoms with Crippen LogP contribution in [0.15, 0.2) is 23.1 Å². The molecule has 0 saturated carbocycles. The van der Waals surface area contributed by atoms with E-state index in [2.05, 4.69) is 15.3 Å². The van der Waals surface area contributed by atoms with Gasteiger partial charge in [0.1, 0.15) is 5.82 Å². The van der Waals surface area contributed by atoms with Gasteiger partial charge in [0.25, 0.3) is 0 Å². The van der Waals surface area contributed by atoms with Gasteiger partial charge in [-0.1, -0.05) is 13.8 Å². The van der Waals surface area contributed by atoms with Gasteiger partial charge in [-0.3, -0.25) is 4.79 Å². The molecule has 0 aliphatic heterocycles. The van der Waals surface area contributed by atoms with Crippen molar-refractivity contribution in [3.8, 4) is 0 Å². The molecule has 178 valence electrons. The summed E-state index contributed by atoms with van der Waals surface area (Å²) in [5.41, 5.74) is 2.64. The van der Waals surface area contributed by atoms with Crippen LogP contribution in [0, 0.1) is 0 Å². The molecule has 0 fully saturated rings. The summed E-state index contributed by atoms with van der Waals surface area (Å²) in [5.74, 6) is 0.694. The lowest BCUT2D eigenvalue weighted by Gasteiger charge is -2.18. The molecule has 0 bridgehead atoms. The number of carbonyl (C=O) groups excluding carboxylic acids is 1. The van der Waals surface area contributed by atoms with Crippen molar-refractivity contribution in [1.29, 1.82) is 0 Å². The van der Waals surface area contributed by atoms with Crippen LogP contribution in [0.4, 0.5) is 5.13 Å². The minimum absolute atomic E-state index is 0.0828. The summed E-state index contributed by atoms with van der Waals surface area (Å²) in [7, 11) is -3.55. The normalized spacial score (nSPS) is 14.1. The highest BCUT2D eigenvalue weighted by Gasteiger charge is 2.23. The first-order valence-electron chi connectivity index (χ1n) is 11.6. The molecule has 0 saturated heterocycles. The summed E-state index contributed by atoms with van der Waals surface area (Å²) < 4.78 is 29.3. The van der Waals surface area contributed by atoms with Gasteiger partial charge in [0.2, 0.25) is 15.9 Å². The predicted octanol–water partition coefficient (Wildman–Crippen LogP) is 3.99. The minimum atomic E-state index is -3.55. The van der Waals surface area contributed by atoms with Gasteiger partial charge >= 0.3 is 0 Å². The molecule has 1 aliphatic rings. The van der Waals surface area contributed by atoms with E-state index in [1.807, 2.05) is 31.4 Å². The average Bonchev–Trinajstić information content (AvgIpc) is 3.37. The molecule has 10 heteroatoms. The van der Waals surface area contributed by atoms with Gasteiger partial charge in [0.05, 0.1) is 21.6 Å². The monoisotopic (exact) mass is 489 g/mol.